The number of morpholine rings is 1. The second-order valence-corrected chi connectivity index (χ2v) is 8.99. The lowest BCUT2D eigenvalue weighted by Gasteiger charge is -2.49. The molecule has 0 aliphatic carbocycles. The zero-order valence-electron chi connectivity index (χ0n) is 18.5. The highest BCUT2D eigenvalue weighted by Crippen LogP contribution is 2.35. The number of anilines is 1. The summed E-state index contributed by atoms with van der Waals surface area (Å²) >= 11 is 0. The fourth-order valence-electron chi connectivity index (χ4n) is 4.80. The molecule has 164 valence electrons. The topological polar surface area (TPSA) is 49.9 Å². The molecule has 5 heteroatoms. The van der Waals surface area contributed by atoms with E-state index in [1.165, 1.54) is 5.56 Å². The molecule has 0 aromatic heterocycles. The SMILES string of the molecule is CC(=O)Cc1cccc(CCN2CCC3(CC2)CN(c2ccccc2)C(=O)[C@@H](C)O3)c1. The summed E-state index contributed by atoms with van der Waals surface area (Å²) in [6.45, 7) is 7.07. The number of ether oxygens (including phenoxy) is 1. The van der Waals surface area contributed by atoms with Gasteiger partial charge in [-0.25, -0.2) is 0 Å². The molecular weight excluding hydrogens is 388 g/mol. The first-order valence-electron chi connectivity index (χ1n) is 11.3. The lowest BCUT2D eigenvalue weighted by Crippen LogP contribution is -2.61. The molecule has 5 nitrogen and oxygen atoms in total. The number of carbonyl (C=O) groups is 2. The Balaban J connectivity index is 1.34. The molecule has 2 aromatic carbocycles. The second kappa shape index (κ2) is 9.33. The molecule has 0 unspecified atom stereocenters. The Morgan fingerprint density at radius 2 is 1.77 bits per heavy atom. The predicted molar refractivity (Wildman–Crippen MR) is 122 cm³/mol. The van der Waals surface area contributed by atoms with Crippen LogP contribution in [0.4, 0.5) is 5.69 Å². The number of hydrogen-bond acceptors (Lipinski definition) is 4. The van der Waals surface area contributed by atoms with Crippen molar-refractivity contribution in [2.45, 2.75) is 51.2 Å². The number of likely N-dealkylation sites (tertiary alicyclic amines) is 1. The first-order chi connectivity index (χ1) is 14.9. The van der Waals surface area contributed by atoms with Crippen molar-refractivity contribution >= 4 is 17.4 Å². The molecule has 0 radical (unpaired) electrons. The minimum absolute atomic E-state index is 0.0460. The van der Waals surface area contributed by atoms with Crippen molar-refractivity contribution < 1.29 is 14.3 Å². The van der Waals surface area contributed by atoms with Crippen LogP contribution in [0.25, 0.3) is 0 Å². The number of benzene rings is 2. The van der Waals surface area contributed by atoms with Crippen molar-refractivity contribution in [1.29, 1.82) is 0 Å². The van der Waals surface area contributed by atoms with Crippen molar-refractivity contribution in [3.63, 3.8) is 0 Å². The Labute approximate surface area is 185 Å². The molecule has 2 aliphatic rings. The Hall–Kier alpha value is -2.50. The first-order valence-corrected chi connectivity index (χ1v) is 11.3. The zero-order valence-corrected chi connectivity index (χ0v) is 18.5. The minimum Gasteiger partial charge on any atom is -0.360 e. The van der Waals surface area contributed by atoms with Gasteiger partial charge in [-0.3, -0.25) is 9.59 Å². The molecule has 1 spiro atoms. The number of Topliss-reactive ketones (excluding diaryl/α,β-unsaturated/α-hetero) is 1. The van der Waals surface area contributed by atoms with Gasteiger partial charge in [-0.05, 0) is 56.4 Å². The number of nitrogens with zero attached hydrogens (tertiary/aromatic N) is 2. The zero-order chi connectivity index (χ0) is 21.8. The summed E-state index contributed by atoms with van der Waals surface area (Å²) in [4.78, 5) is 28.5. The smallest absolute Gasteiger partial charge is 0.255 e. The normalized spacial score (nSPS) is 21.4. The monoisotopic (exact) mass is 420 g/mol. The molecular formula is C26H32N2O3. The van der Waals surface area contributed by atoms with Gasteiger partial charge in [0.05, 0.1) is 12.1 Å². The molecule has 0 bridgehead atoms. The van der Waals surface area contributed by atoms with Crippen LogP contribution in [0.2, 0.25) is 0 Å². The van der Waals surface area contributed by atoms with E-state index in [4.69, 9.17) is 4.74 Å². The van der Waals surface area contributed by atoms with Gasteiger partial charge in [-0.15, -0.1) is 0 Å². The maximum Gasteiger partial charge on any atom is 0.255 e. The van der Waals surface area contributed by atoms with Crippen LogP contribution in [0.1, 0.15) is 37.8 Å². The quantitative estimate of drug-likeness (QED) is 0.716. The predicted octanol–water partition coefficient (Wildman–Crippen LogP) is 3.65. The van der Waals surface area contributed by atoms with Gasteiger partial charge in [-0.2, -0.15) is 0 Å². The average molecular weight is 421 g/mol. The molecule has 0 N–H and O–H groups in total. The van der Waals surface area contributed by atoms with Crippen molar-refractivity contribution in [2.75, 3.05) is 31.1 Å². The van der Waals surface area contributed by atoms with E-state index in [0.717, 1.165) is 50.1 Å². The molecule has 0 saturated carbocycles. The third-order valence-corrected chi connectivity index (χ3v) is 6.48. The number of para-hydroxylation sites is 1. The van der Waals surface area contributed by atoms with Crippen LogP contribution in [0.15, 0.2) is 54.6 Å². The molecule has 2 aliphatic heterocycles. The van der Waals surface area contributed by atoms with E-state index in [0.29, 0.717) is 13.0 Å². The number of rotatable bonds is 6. The van der Waals surface area contributed by atoms with Crippen molar-refractivity contribution in [3.05, 3.63) is 65.7 Å². The highest BCUT2D eigenvalue weighted by molar-refractivity contribution is 5.97. The van der Waals surface area contributed by atoms with Crippen LogP contribution >= 0.6 is 0 Å². The largest absolute Gasteiger partial charge is 0.360 e. The van der Waals surface area contributed by atoms with Crippen molar-refractivity contribution in [1.82, 2.24) is 4.90 Å². The Kier molecular flexibility index (Phi) is 6.54. The number of hydrogen-bond donors (Lipinski definition) is 0. The maximum atomic E-state index is 12.7. The molecule has 2 heterocycles. The summed E-state index contributed by atoms with van der Waals surface area (Å²) in [7, 11) is 0. The fourth-order valence-corrected chi connectivity index (χ4v) is 4.80. The first kappa shape index (κ1) is 21.7. The van der Waals surface area contributed by atoms with E-state index in [-0.39, 0.29) is 17.3 Å². The van der Waals surface area contributed by atoms with Gasteiger partial charge in [0.2, 0.25) is 0 Å². The summed E-state index contributed by atoms with van der Waals surface area (Å²) in [5.41, 5.74) is 3.07. The molecule has 2 aromatic rings. The van der Waals surface area contributed by atoms with Crippen LogP contribution in [-0.4, -0.2) is 54.5 Å². The maximum absolute atomic E-state index is 12.7. The van der Waals surface area contributed by atoms with Crippen LogP contribution in [0, 0.1) is 0 Å². The van der Waals surface area contributed by atoms with Gasteiger partial charge in [0.15, 0.2) is 0 Å². The number of piperidine rings is 1. The van der Waals surface area contributed by atoms with E-state index in [9.17, 15) is 9.59 Å². The van der Waals surface area contributed by atoms with Crippen molar-refractivity contribution in [3.8, 4) is 0 Å². The van der Waals surface area contributed by atoms with E-state index in [1.54, 1.807) is 6.92 Å². The van der Waals surface area contributed by atoms with Crippen LogP contribution in [-0.2, 0) is 27.2 Å². The Morgan fingerprint density at radius 1 is 1.06 bits per heavy atom. The fraction of sp³-hybridized carbons (Fsp3) is 0.462. The van der Waals surface area contributed by atoms with E-state index in [2.05, 4.69) is 17.0 Å². The average Bonchev–Trinajstić information content (AvgIpc) is 2.76. The van der Waals surface area contributed by atoms with Gasteiger partial charge in [0.25, 0.3) is 5.91 Å². The lowest BCUT2D eigenvalue weighted by molar-refractivity contribution is -0.161. The van der Waals surface area contributed by atoms with Crippen molar-refractivity contribution in [2.24, 2.45) is 0 Å². The Bertz CT molecular complexity index is 919. The van der Waals surface area contributed by atoms with E-state index in [1.807, 2.05) is 54.3 Å². The summed E-state index contributed by atoms with van der Waals surface area (Å²) in [6.07, 6.45) is 2.93. The van der Waals surface area contributed by atoms with Gasteiger partial charge < -0.3 is 14.5 Å². The molecule has 1 atom stereocenters. The van der Waals surface area contributed by atoms with Gasteiger partial charge in [-0.1, -0.05) is 42.5 Å². The third kappa shape index (κ3) is 5.23. The van der Waals surface area contributed by atoms with E-state index >= 15 is 0 Å². The standard InChI is InChI=1S/C26H32N2O3/c1-20(29)17-23-8-6-7-22(18-23)11-14-27-15-12-26(13-16-27)19-28(25(30)21(2)31-26)24-9-4-3-5-10-24/h3-10,18,21H,11-17,19H2,1-2H3/t21-/m1/s1. The molecule has 4 rings (SSSR count). The summed E-state index contributed by atoms with van der Waals surface area (Å²) in [5, 5.41) is 0. The van der Waals surface area contributed by atoms with Gasteiger partial charge >= 0.3 is 0 Å². The second-order valence-electron chi connectivity index (χ2n) is 8.99. The number of carbonyl (C=O) groups excluding carboxylic acids is 2. The lowest BCUT2D eigenvalue weighted by atomic mass is 9.88. The summed E-state index contributed by atoms with van der Waals surface area (Å²) in [6, 6.07) is 18.3. The summed E-state index contributed by atoms with van der Waals surface area (Å²) < 4.78 is 6.29. The number of amides is 1. The highest BCUT2D eigenvalue weighted by Gasteiger charge is 2.45. The van der Waals surface area contributed by atoms with Crippen LogP contribution in [0.3, 0.4) is 0 Å². The van der Waals surface area contributed by atoms with Crippen LogP contribution < -0.4 is 4.90 Å². The highest BCUT2D eigenvalue weighted by atomic mass is 16.5. The molecule has 2 saturated heterocycles. The molecule has 2 fully saturated rings. The summed E-state index contributed by atoms with van der Waals surface area (Å²) in [5.74, 6) is 0.243. The molecule has 1 amide bonds. The third-order valence-electron chi connectivity index (χ3n) is 6.48. The van der Waals surface area contributed by atoms with Crippen LogP contribution in [0.5, 0.6) is 0 Å². The Morgan fingerprint density at radius 3 is 2.48 bits per heavy atom. The minimum atomic E-state index is -0.412. The number of ketones is 1. The van der Waals surface area contributed by atoms with E-state index < -0.39 is 6.10 Å². The van der Waals surface area contributed by atoms with Gasteiger partial charge in [0.1, 0.15) is 11.9 Å². The van der Waals surface area contributed by atoms with Gasteiger partial charge in [0, 0.05) is 31.7 Å². The molecule has 31 heavy (non-hydrogen) atoms.